The van der Waals surface area contributed by atoms with E-state index in [1.807, 2.05) is 30.3 Å². The van der Waals surface area contributed by atoms with Crippen LogP contribution in [0.5, 0.6) is 5.75 Å². The predicted molar refractivity (Wildman–Crippen MR) is 80.1 cm³/mol. The quantitative estimate of drug-likeness (QED) is 0.618. The molecule has 0 aromatic heterocycles. The zero-order valence-corrected chi connectivity index (χ0v) is 12.1. The fraction of sp³-hybridized carbons (Fsp3) is 0.0667. The number of ether oxygens (including phenoxy) is 1. The van der Waals surface area contributed by atoms with E-state index < -0.39 is 0 Å². The Morgan fingerprint density at radius 1 is 1.16 bits per heavy atom. The minimum absolute atomic E-state index is 0.00802. The number of nitrogens with zero attached hydrogens (tertiary/aromatic N) is 1. The number of para-hydroxylation sites is 1. The third kappa shape index (κ3) is 3.55. The fourth-order valence-corrected chi connectivity index (χ4v) is 2.06. The Morgan fingerprint density at radius 3 is 2.47 bits per heavy atom. The Hall–Kier alpha value is -1.87. The van der Waals surface area contributed by atoms with E-state index in [0.29, 0.717) is 16.9 Å². The molecule has 0 atom stereocenters. The second-order valence-corrected chi connectivity index (χ2v) is 4.99. The highest BCUT2D eigenvalue weighted by Crippen LogP contribution is 2.19. The van der Waals surface area contributed by atoms with Gasteiger partial charge in [0, 0.05) is 5.56 Å². The second kappa shape index (κ2) is 6.34. The van der Waals surface area contributed by atoms with Gasteiger partial charge in [0.25, 0.3) is 0 Å². The van der Waals surface area contributed by atoms with Gasteiger partial charge in [0.1, 0.15) is 5.75 Å². The molecule has 2 rings (SSSR count). The summed E-state index contributed by atoms with van der Waals surface area (Å²) in [6.07, 6.45) is 0. The van der Waals surface area contributed by atoms with Crippen molar-refractivity contribution >= 4 is 28.4 Å². The maximum atomic E-state index is 11.9. The molecule has 19 heavy (non-hydrogen) atoms. The van der Waals surface area contributed by atoms with Crippen LogP contribution in [0.1, 0.15) is 15.9 Å². The molecule has 3 nitrogen and oxygen atoms in total. The number of benzene rings is 2. The molecular weight excluding hydrogens is 353 g/mol. The molecule has 2 aromatic rings. The Morgan fingerprint density at radius 2 is 1.84 bits per heavy atom. The summed E-state index contributed by atoms with van der Waals surface area (Å²) in [7, 11) is 0. The number of carbonyl (C=O) groups excluding carboxylic acids is 1. The maximum Gasteiger partial charge on any atom is 0.200 e. The van der Waals surface area contributed by atoms with Crippen LogP contribution in [-0.4, -0.2) is 12.4 Å². The van der Waals surface area contributed by atoms with E-state index in [0.717, 1.165) is 3.57 Å². The zero-order chi connectivity index (χ0) is 13.7. The molecule has 0 aliphatic rings. The summed E-state index contributed by atoms with van der Waals surface area (Å²) < 4.78 is 6.45. The van der Waals surface area contributed by atoms with Crippen LogP contribution < -0.4 is 4.74 Å². The normalized spacial score (nSPS) is 9.68. The van der Waals surface area contributed by atoms with Gasteiger partial charge in [0.15, 0.2) is 12.4 Å². The Bertz CT molecular complexity index is 629. The number of hydrogen-bond donors (Lipinski definition) is 0. The average molecular weight is 363 g/mol. The van der Waals surface area contributed by atoms with Gasteiger partial charge in [-0.1, -0.05) is 12.1 Å². The lowest BCUT2D eigenvalue weighted by Crippen LogP contribution is -2.12. The molecule has 0 N–H and O–H groups in total. The van der Waals surface area contributed by atoms with Crippen molar-refractivity contribution in [1.29, 1.82) is 5.26 Å². The topological polar surface area (TPSA) is 50.1 Å². The lowest BCUT2D eigenvalue weighted by atomic mass is 10.1. The Kier molecular flexibility index (Phi) is 4.53. The molecule has 0 heterocycles. The largest absolute Gasteiger partial charge is 0.484 e. The molecule has 0 aliphatic heterocycles. The van der Waals surface area contributed by atoms with Crippen LogP contribution in [-0.2, 0) is 0 Å². The fourth-order valence-electron chi connectivity index (χ4n) is 1.52. The molecule has 0 unspecified atom stereocenters. The van der Waals surface area contributed by atoms with E-state index in [1.54, 1.807) is 24.3 Å². The highest BCUT2D eigenvalue weighted by molar-refractivity contribution is 14.1. The van der Waals surface area contributed by atoms with Crippen LogP contribution in [0, 0.1) is 14.9 Å². The molecule has 0 radical (unpaired) electrons. The van der Waals surface area contributed by atoms with Gasteiger partial charge in [-0.15, -0.1) is 0 Å². The SMILES string of the molecule is N#Cc1ccc(C(=O)COc2ccccc2I)cc1. The summed E-state index contributed by atoms with van der Waals surface area (Å²) in [5.74, 6) is 0.592. The number of halogens is 1. The number of hydrogen-bond acceptors (Lipinski definition) is 3. The highest BCUT2D eigenvalue weighted by Gasteiger charge is 2.08. The van der Waals surface area contributed by atoms with E-state index in [-0.39, 0.29) is 12.4 Å². The van der Waals surface area contributed by atoms with E-state index in [4.69, 9.17) is 10.00 Å². The standard InChI is InChI=1S/C15H10INO2/c16-13-3-1-2-4-15(13)19-10-14(18)12-7-5-11(9-17)6-8-12/h1-8H,10H2. The lowest BCUT2D eigenvalue weighted by molar-refractivity contribution is 0.0921. The first-order valence-electron chi connectivity index (χ1n) is 5.61. The van der Waals surface area contributed by atoms with Gasteiger partial charge in [-0.25, -0.2) is 0 Å². The van der Waals surface area contributed by atoms with Gasteiger partial charge in [0.05, 0.1) is 15.2 Å². The third-order valence-corrected chi connectivity index (χ3v) is 3.42. The molecule has 94 valence electrons. The van der Waals surface area contributed by atoms with Crippen molar-refractivity contribution in [2.75, 3.05) is 6.61 Å². The summed E-state index contributed by atoms with van der Waals surface area (Å²) in [5.41, 5.74) is 1.08. The number of carbonyl (C=O) groups is 1. The third-order valence-electron chi connectivity index (χ3n) is 2.53. The number of Topliss-reactive ketones (excluding diaryl/α,β-unsaturated/α-hetero) is 1. The maximum absolute atomic E-state index is 11.9. The average Bonchev–Trinajstić information content (AvgIpc) is 2.46. The number of ketones is 1. The Labute approximate surface area is 125 Å². The number of nitriles is 1. The van der Waals surface area contributed by atoms with E-state index >= 15 is 0 Å². The van der Waals surface area contributed by atoms with Crippen molar-refractivity contribution in [3.8, 4) is 11.8 Å². The van der Waals surface area contributed by atoms with Crippen LogP contribution in [0.3, 0.4) is 0 Å². The minimum Gasteiger partial charge on any atom is -0.484 e. The van der Waals surface area contributed by atoms with Gasteiger partial charge in [-0.3, -0.25) is 4.79 Å². The van der Waals surface area contributed by atoms with Gasteiger partial charge in [0.2, 0.25) is 0 Å². The van der Waals surface area contributed by atoms with Crippen LogP contribution in [0.15, 0.2) is 48.5 Å². The van der Waals surface area contributed by atoms with Crippen molar-refractivity contribution < 1.29 is 9.53 Å². The smallest absolute Gasteiger partial charge is 0.200 e. The molecule has 0 amide bonds. The molecule has 0 saturated carbocycles. The first kappa shape index (κ1) is 13.6. The molecule has 4 heteroatoms. The van der Waals surface area contributed by atoms with Gasteiger partial charge in [-0.05, 0) is 59.0 Å². The van der Waals surface area contributed by atoms with Crippen LogP contribution in [0.2, 0.25) is 0 Å². The summed E-state index contributed by atoms with van der Waals surface area (Å²) in [4.78, 5) is 11.9. The van der Waals surface area contributed by atoms with Crippen LogP contribution in [0.25, 0.3) is 0 Å². The summed E-state index contributed by atoms with van der Waals surface area (Å²) in [6.45, 7) is -0.00802. The first-order chi connectivity index (χ1) is 9.20. The molecule has 0 saturated heterocycles. The summed E-state index contributed by atoms with van der Waals surface area (Å²) in [6, 6.07) is 16.1. The van der Waals surface area contributed by atoms with Crippen molar-refractivity contribution in [1.82, 2.24) is 0 Å². The van der Waals surface area contributed by atoms with E-state index in [1.165, 1.54) is 0 Å². The molecule has 2 aromatic carbocycles. The molecule has 0 spiro atoms. The van der Waals surface area contributed by atoms with Crippen molar-refractivity contribution in [3.63, 3.8) is 0 Å². The van der Waals surface area contributed by atoms with Gasteiger partial charge >= 0.3 is 0 Å². The van der Waals surface area contributed by atoms with Gasteiger partial charge in [-0.2, -0.15) is 5.26 Å². The molecule has 0 bridgehead atoms. The monoisotopic (exact) mass is 363 g/mol. The number of rotatable bonds is 4. The van der Waals surface area contributed by atoms with Crippen LogP contribution >= 0.6 is 22.6 Å². The van der Waals surface area contributed by atoms with Gasteiger partial charge < -0.3 is 4.74 Å². The zero-order valence-electron chi connectivity index (χ0n) is 9.97. The Balaban J connectivity index is 2.02. The van der Waals surface area contributed by atoms with Crippen molar-refractivity contribution in [3.05, 3.63) is 63.2 Å². The van der Waals surface area contributed by atoms with E-state index in [9.17, 15) is 4.79 Å². The van der Waals surface area contributed by atoms with Crippen LogP contribution in [0.4, 0.5) is 0 Å². The lowest BCUT2D eigenvalue weighted by Gasteiger charge is -2.07. The van der Waals surface area contributed by atoms with Crippen molar-refractivity contribution in [2.45, 2.75) is 0 Å². The molecule has 0 aliphatic carbocycles. The highest BCUT2D eigenvalue weighted by atomic mass is 127. The minimum atomic E-state index is -0.107. The predicted octanol–water partition coefficient (Wildman–Crippen LogP) is 3.42. The molecular formula is C15H10INO2. The first-order valence-corrected chi connectivity index (χ1v) is 6.69. The van der Waals surface area contributed by atoms with Crippen molar-refractivity contribution in [2.24, 2.45) is 0 Å². The summed E-state index contributed by atoms with van der Waals surface area (Å²) >= 11 is 2.16. The van der Waals surface area contributed by atoms with E-state index in [2.05, 4.69) is 22.6 Å². The summed E-state index contributed by atoms with van der Waals surface area (Å²) in [5, 5.41) is 8.69. The second-order valence-electron chi connectivity index (χ2n) is 3.83. The molecule has 0 fully saturated rings.